The van der Waals surface area contributed by atoms with Gasteiger partial charge in [0, 0.05) is 10.1 Å². The second-order valence-electron chi connectivity index (χ2n) is 4.41. The van der Waals surface area contributed by atoms with Gasteiger partial charge in [0.1, 0.15) is 0 Å². The van der Waals surface area contributed by atoms with Gasteiger partial charge in [-0.3, -0.25) is 0 Å². The van der Waals surface area contributed by atoms with E-state index in [1.807, 2.05) is 43.0 Å². The summed E-state index contributed by atoms with van der Waals surface area (Å²) in [6.07, 6.45) is 0.482. The van der Waals surface area contributed by atoms with E-state index < -0.39 is 0 Å². The summed E-state index contributed by atoms with van der Waals surface area (Å²) in [7, 11) is 0. The van der Waals surface area contributed by atoms with Crippen molar-refractivity contribution in [2.45, 2.75) is 29.6 Å². The van der Waals surface area contributed by atoms with Crippen LogP contribution in [0.25, 0.3) is 0 Å². The van der Waals surface area contributed by atoms with Gasteiger partial charge in [0.2, 0.25) is 0 Å². The van der Waals surface area contributed by atoms with E-state index in [-0.39, 0.29) is 6.10 Å². The van der Waals surface area contributed by atoms with Crippen LogP contribution in [0, 0.1) is 0 Å². The predicted octanol–water partition coefficient (Wildman–Crippen LogP) is 4.29. The standard InChI is InChI=1S/C16H18OS/c1-13(17)12-16(14-8-4-2-5-9-14)18-15-10-6-3-7-11-15/h2-11,13,16-17H,12H2,1H3. The predicted molar refractivity (Wildman–Crippen MR) is 77.8 cm³/mol. The first kappa shape index (κ1) is 13.2. The van der Waals surface area contributed by atoms with Gasteiger partial charge in [0.25, 0.3) is 0 Å². The van der Waals surface area contributed by atoms with Crippen LogP contribution in [-0.2, 0) is 0 Å². The molecule has 0 radical (unpaired) electrons. The van der Waals surface area contributed by atoms with Gasteiger partial charge in [-0.15, -0.1) is 11.8 Å². The summed E-state index contributed by atoms with van der Waals surface area (Å²) in [5.41, 5.74) is 1.27. The largest absolute Gasteiger partial charge is 0.393 e. The lowest BCUT2D eigenvalue weighted by Gasteiger charge is -2.18. The molecule has 18 heavy (non-hydrogen) atoms. The second kappa shape index (κ2) is 6.62. The highest BCUT2D eigenvalue weighted by Gasteiger charge is 2.15. The Hall–Kier alpha value is -1.25. The maximum atomic E-state index is 9.65. The first-order valence-electron chi connectivity index (χ1n) is 6.20. The molecule has 94 valence electrons. The maximum Gasteiger partial charge on any atom is 0.0526 e. The number of aliphatic hydroxyl groups excluding tert-OH is 1. The lowest BCUT2D eigenvalue weighted by molar-refractivity contribution is 0.184. The van der Waals surface area contributed by atoms with Crippen molar-refractivity contribution in [3.8, 4) is 0 Å². The number of aliphatic hydroxyl groups is 1. The first-order chi connectivity index (χ1) is 8.75. The van der Waals surface area contributed by atoms with E-state index in [4.69, 9.17) is 0 Å². The van der Waals surface area contributed by atoms with E-state index >= 15 is 0 Å². The van der Waals surface area contributed by atoms with E-state index in [1.165, 1.54) is 10.5 Å². The average molecular weight is 258 g/mol. The van der Waals surface area contributed by atoms with Crippen LogP contribution in [0.15, 0.2) is 65.6 Å². The quantitative estimate of drug-likeness (QED) is 0.807. The Bertz CT molecular complexity index is 453. The molecule has 0 spiro atoms. The van der Waals surface area contributed by atoms with E-state index in [2.05, 4.69) is 36.4 Å². The third kappa shape index (κ3) is 3.90. The molecule has 2 aromatic carbocycles. The molecule has 0 aromatic heterocycles. The molecule has 0 heterocycles. The van der Waals surface area contributed by atoms with Gasteiger partial charge in [-0.1, -0.05) is 48.5 Å². The smallest absolute Gasteiger partial charge is 0.0526 e. The van der Waals surface area contributed by atoms with Crippen LogP contribution in [0.5, 0.6) is 0 Å². The molecule has 0 bridgehead atoms. The monoisotopic (exact) mass is 258 g/mol. The van der Waals surface area contributed by atoms with Gasteiger partial charge in [-0.05, 0) is 31.0 Å². The van der Waals surface area contributed by atoms with E-state index in [0.29, 0.717) is 5.25 Å². The molecule has 1 N–H and O–H groups in total. The zero-order valence-corrected chi connectivity index (χ0v) is 11.3. The number of hydrogen-bond acceptors (Lipinski definition) is 2. The van der Waals surface area contributed by atoms with Crippen LogP contribution in [0.1, 0.15) is 24.2 Å². The van der Waals surface area contributed by atoms with Crippen LogP contribution < -0.4 is 0 Å². The molecule has 2 heteroatoms. The lowest BCUT2D eigenvalue weighted by Crippen LogP contribution is -2.06. The van der Waals surface area contributed by atoms with Crippen molar-refractivity contribution in [2.24, 2.45) is 0 Å². The Kier molecular flexibility index (Phi) is 4.85. The van der Waals surface area contributed by atoms with Crippen molar-refractivity contribution in [1.82, 2.24) is 0 Å². The molecule has 0 amide bonds. The summed E-state index contributed by atoms with van der Waals surface area (Å²) in [4.78, 5) is 1.24. The molecule has 2 unspecified atom stereocenters. The Morgan fingerprint density at radius 3 is 2.06 bits per heavy atom. The fraction of sp³-hybridized carbons (Fsp3) is 0.250. The van der Waals surface area contributed by atoms with Crippen LogP contribution in [0.3, 0.4) is 0 Å². The van der Waals surface area contributed by atoms with E-state index in [0.717, 1.165) is 6.42 Å². The lowest BCUT2D eigenvalue weighted by atomic mass is 10.1. The minimum absolute atomic E-state index is 0.286. The average Bonchev–Trinajstić information content (AvgIpc) is 2.40. The van der Waals surface area contributed by atoms with Gasteiger partial charge in [-0.25, -0.2) is 0 Å². The summed E-state index contributed by atoms with van der Waals surface area (Å²) in [6.45, 7) is 1.85. The van der Waals surface area contributed by atoms with Crippen LogP contribution >= 0.6 is 11.8 Å². The highest BCUT2D eigenvalue weighted by Crippen LogP contribution is 2.38. The normalized spacial score (nSPS) is 14.1. The first-order valence-corrected chi connectivity index (χ1v) is 7.08. The van der Waals surface area contributed by atoms with Crippen LogP contribution in [0.4, 0.5) is 0 Å². The van der Waals surface area contributed by atoms with Crippen molar-refractivity contribution in [2.75, 3.05) is 0 Å². The van der Waals surface area contributed by atoms with Gasteiger partial charge in [-0.2, -0.15) is 0 Å². The van der Waals surface area contributed by atoms with Crippen LogP contribution in [0.2, 0.25) is 0 Å². The molecule has 0 fully saturated rings. The van der Waals surface area contributed by atoms with E-state index in [9.17, 15) is 5.11 Å². The molecule has 0 saturated carbocycles. The molecule has 0 aliphatic carbocycles. The zero-order chi connectivity index (χ0) is 12.8. The summed E-state index contributed by atoms with van der Waals surface area (Å²) in [6, 6.07) is 20.7. The summed E-state index contributed by atoms with van der Waals surface area (Å²) in [5, 5.41) is 9.95. The highest BCUT2D eigenvalue weighted by molar-refractivity contribution is 7.99. The van der Waals surface area contributed by atoms with Gasteiger partial charge in [0.15, 0.2) is 0 Å². The van der Waals surface area contributed by atoms with Crippen molar-refractivity contribution < 1.29 is 5.11 Å². The fourth-order valence-corrected chi connectivity index (χ4v) is 3.20. The molecule has 2 rings (SSSR count). The number of hydrogen-bond donors (Lipinski definition) is 1. The minimum atomic E-state index is -0.286. The molecule has 2 atom stereocenters. The van der Waals surface area contributed by atoms with Crippen molar-refractivity contribution in [3.63, 3.8) is 0 Å². The number of benzene rings is 2. The topological polar surface area (TPSA) is 20.2 Å². The third-order valence-electron chi connectivity index (χ3n) is 2.75. The van der Waals surface area contributed by atoms with Gasteiger partial charge < -0.3 is 5.11 Å². The Morgan fingerprint density at radius 2 is 1.50 bits per heavy atom. The number of rotatable bonds is 5. The zero-order valence-electron chi connectivity index (χ0n) is 10.5. The summed E-state index contributed by atoms with van der Waals surface area (Å²) in [5.74, 6) is 0. The molecule has 0 aliphatic heterocycles. The molecule has 0 aliphatic rings. The Labute approximate surface area is 113 Å². The molecular formula is C16H18OS. The van der Waals surface area contributed by atoms with Crippen LogP contribution in [-0.4, -0.2) is 11.2 Å². The second-order valence-corrected chi connectivity index (χ2v) is 5.69. The minimum Gasteiger partial charge on any atom is -0.393 e. The van der Waals surface area contributed by atoms with E-state index in [1.54, 1.807) is 0 Å². The molecular weight excluding hydrogens is 240 g/mol. The van der Waals surface area contributed by atoms with Crippen molar-refractivity contribution >= 4 is 11.8 Å². The maximum absolute atomic E-state index is 9.65. The molecule has 0 saturated heterocycles. The van der Waals surface area contributed by atoms with Gasteiger partial charge in [0.05, 0.1) is 6.10 Å². The number of thioether (sulfide) groups is 1. The highest BCUT2D eigenvalue weighted by atomic mass is 32.2. The Balaban J connectivity index is 2.16. The summed E-state index contributed by atoms with van der Waals surface area (Å²) >= 11 is 1.81. The van der Waals surface area contributed by atoms with Crippen molar-refractivity contribution in [3.05, 3.63) is 66.2 Å². The SMILES string of the molecule is CC(O)CC(Sc1ccccc1)c1ccccc1. The van der Waals surface area contributed by atoms with Gasteiger partial charge >= 0.3 is 0 Å². The molecule has 1 nitrogen and oxygen atoms in total. The van der Waals surface area contributed by atoms with Crippen molar-refractivity contribution in [1.29, 1.82) is 0 Å². The third-order valence-corrected chi connectivity index (χ3v) is 4.04. The Morgan fingerprint density at radius 1 is 0.944 bits per heavy atom. The fourth-order valence-electron chi connectivity index (χ4n) is 1.89. The molecule has 2 aromatic rings. The summed E-state index contributed by atoms with van der Waals surface area (Å²) < 4.78 is 0.